The van der Waals surface area contributed by atoms with Crippen molar-refractivity contribution in [3.05, 3.63) is 23.7 Å². The smallest absolute Gasteiger partial charge is 0.379 e. The molecule has 1 rings (SSSR count). The van der Waals surface area contributed by atoms with Crippen LogP contribution in [0, 0.1) is 0 Å². The second-order valence-electron chi connectivity index (χ2n) is 3.28. The van der Waals surface area contributed by atoms with E-state index in [1.165, 1.54) is 19.1 Å². The summed E-state index contributed by atoms with van der Waals surface area (Å²) >= 11 is 0. The van der Waals surface area contributed by atoms with Crippen LogP contribution in [0.3, 0.4) is 0 Å². The summed E-state index contributed by atoms with van der Waals surface area (Å²) in [7, 11) is 0. The number of hydrogen-bond donors (Lipinski definition) is 2. The number of nitrogens with two attached hydrogens (primary N) is 1. The number of alkyl halides is 2. The van der Waals surface area contributed by atoms with E-state index in [9.17, 15) is 13.6 Å². The molecule has 0 aromatic carbocycles. The molecule has 104 valence electrons. The Morgan fingerprint density at radius 3 is 2.67 bits per heavy atom. The highest BCUT2D eigenvalue weighted by Gasteiger charge is 2.49. The number of carbonyl (C=O) groups is 1. The minimum absolute atomic E-state index is 0. The summed E-state index contributed by atoms with van der Waals surface area (Å²) in [6.45, 7) is 0.815. The molecule has 0 spiro atoms. The second-order valence-corrected chi connectivity index (χ2v) is 3.28. The molecule has 0 radical (unpaired) electrons. The summed E-state index contributed by atoms with van der Waals surface area (Å²) in [5.74, 6) is -5.77. The van der Waals surface area contributed by atoms with Crippen LogP contribution in [0.25, 0.3) is 0 Å². The zero-order chi connectivity index (χ0) is 13.1. The van der Waals surface area contributed by atoms with Crippen molar-refractivity contribution in [1.82, 2.24) is 0 Å². The molecular weight excluding hydrogens is 272 g/mol. The Morgan fingerprint density at radius 2 is 2.22 bits per heavy atom. The summed E-state index contributed by atoms with van der Waals surface area (Å²) in [5, 5.41) is 8.72. The summed E-state index contributed by atoms with van der Waals surface area (Å²) < 4.78 is 36.0. The highest BCUT2D eigenvalue weighted by atomic mass is 35.5. The van der Waals surface area contributed by atoms with Gasteiger partial charge in [0.1, 0.15) is 24.2 Å². The van der Waals surface area contributed by atoms with E-state index in [2.05, 4.69) is 4.74 Å². The molecule has 8 heteroatoms. The van der Waals surface area contributed by atoms with Crippen molar-refractivity contribution in [2.75, 3.05) is 6.61 Å². The zero-order valence-corrected chi connectivity index (χ0v) is 10.4. The minimum Gasteiger partial charge on any atom is -0.462 e. The first-order valence-electron chi connectivity index (χ1n) is 4.93. The average molecular weight is 286 g/mol. The maximum atomic E-state index is 13.5. The van der Waals surface area contributed by atoms with Gasteiger partial charge in [-0.25, -0.2) is 4.79 Å². The second kappa shape index (κ2) is 6.67. The Morgan fingerprint density at radius 1 is 1.61 bits per heavy atom. The lowest BCUT2D eigenvalue weighted by Gasteiger charge is -2.19. The number of carbonyl (C=O) groups excluding carboxylic acids is 1. The van der Waals surface area contributed by atoms with Crippen molar-refractivity contribution in [3.8, 4) is 0 Å². The molecule has 0 fully saturated rings. The van der Waals surface area contributed by atoms with Gasteiger partial charge in [-0.15, -0.1) is 12.4 Å². The van der Waals surface area contributed by atoms with E-state index in [0.717, 1.165) is 0 Å². The van der Waals surface area contributed by atoms with Gasteiger partial charge < -0.3 is 20.0 Å². The molecule has 0 aliphatic carbocycles. The molecule has 18 heavy (non-hydrogen) atoms. The van der Waals surface area contributed by atoms with Crippen LogP contribution < -0.4 is 5.73 Å². The third-order valence-corrected chi connectivity index (χ3v) is 2.08. The molecule has 0 saturated carbocycles. The molecule has 0 bridgehead atoms. The molecule has 0 unspecified atom stereocenters. The highest BCUT2D eigenvalue weighted by Crippen LogP contribution is 2.31. The molecule has 0 aliphatic heterocycles. The third-order valence-electron chi connectivity index (χ3n) is 2.08. The fraction of sp³-hybridized carbons (Fsp3) is 0.500. The topological polar surface area (TPSA) is 85.7 Å². The Labute approximate surface area is 108 Å². The molecule has 1 heterocycles. The van der Waals surface area contributed by atoms with Gasteiger partial charge in [-0.1, -0.05) is 0 Å². The van der Waals surface area contributed by atoms with E-state index in [1.807, 2.05) is 0 Å². The lowest BCUT2D eigenvalue weighted by atomic mass is 10.1. The van der Waals surface area contributed by atoms with Gasteiger partial charge >= 0.3 is 11.9 Å². The number of furan rings is 1. The predicted molar refractivity (Wildman–Crippen MR) is 60.4 cm³/mol. The number of rotatable bonds is 5. The lowest BCUT2D eigenvalue weighted by molar-refractivity contribution is -0.175. The van der Waals surface area contributed by atoms with E-state index >= 15 is 0 Å². The number of esters is 1. The monoisotopic (exact) mass is 285 g/mol. The van der Waals surface area contributed by atoms with Crippen LogP contribution in [0.2, 0.25) is 0 Å². The number of hydrogen-bond acceptors (Lipinski definition) is 5. The van der Waals surface area contributed by atoms with Gasteiger partial charge in [0.05, 0.1) is 6.61 Å². The Kier molecular flexibility index (Phi) is 6.23. The van der Waals surface area contributed by atoms with Gasteiger partial charge in [-0.3, -0.25) is 0 Å². The van der Waals surface area contributed by atoms with Crippen molar-refractivity contribution >= 4 is 18.4 Å². The molecule has 1 atom stereocenters. The van der Waals surface area contributed by atoms with E-state index in [4.69, 9.17) is 15.3 Å². The van der Waals surface area contributed by atoms with E-state index in [0.29, 0.717) is 0 Å². The maximum Gasteiger partial charge on any atom is 0.379 e. The molecule has 3 N–H and O–H groups in total. The third kappa shape index (κ3) is 3.41. The van der Waals surface area contributed by atoms with Gasteiger partial charge in [-0.2, -0.15) is 8.78 Å². The SMILES string of the molecule is CCOC(=O)C(F)(F)[C@H](N)c1ccc(CO)o1.Cl. The summed E-state index contributed by atoms with van der Waals surface area (Å²) in [5.41, 5.74) is 5.25. The molecule has 5 nitrogen and oxygen atoms in total. The van der Waals surface area contributed by atoms with Crippen LogP contribution in [0.15, 0.2) is 16.5 Å². The van der Waals surface area contributed by atoms with Gasteiger partial charge in [0.15, 0.2) is 0 Å². The quantitative estimate of drug-likeness (QED) is 0.799. The first-order chi connectivity index (χ1) is 7.93. The number of aliphatic hydroxyl groups is 1. The zero-order valence-electron chi connectivity index (χ0n) is 9.56. The Hall–Kier alpha value is -1.18. The molecule has 0 saturated heterocycles. The van der Waals surface area contributed by atoms with Crippen molar-refractivity contribution in [3.63, 3.8) is 0 Å². The summed E-state index contributed by atoms with van der Waals surface area (Å²) in [6.07, 6.45) is 0. The molecular formula is C10H14ClF2NO4. The molecule has 1 aromatic rings. The molecule has 0 aliphatic rings. The molecule has 0 amide bonds. The van der Waals surface area contributed by atoms with Crippen LogP contribution >= 0.6 is 12.4 Å². The number of halogens is 3. The number of aliphatic hydroxyl groups excluding tert-OH is 1. The van der Waals surface area contributed by atoms with Crippen LogP contribution in [0.4, 0.5) is 8.78 Å². The number of ether oxygens (including phenoxy) is 1. The minimum atomic E-state index is -3.87. The van der Waals surface area contributed by atoms with Crippen molar-refractivity contribution in [2.24, 2.45) is 5.73 Å². The standard InChI is InChI=1S/C10H13F2NO4.ClH/c1-2-16-9(15)10(11,12)8(13)7-4-3-6(5-14)17-7;/h3-4,8,14H,2,5,13H2,1H3;1H/t8-;/m1./s1. The van der Waals surface area contributed by atoms with Crippen LogP contribution in [-0.4, -0.2) is 23.6 Å². The van der Waals surface area contributed by atoms with Gasteiger partial charge in [0.2, 0.25) is 0 Å². The summed E-state index contributed by atoms with van der Waals surface area (Å²) in [6, 6.07) is 0.543. The van der Waals surface area contributed by atoms with Gasteiger partial charge in [0.25, 0.3) is 0 Å². The van der Waals surface area contributed by atoms with Crippen molar-refractivity contribution in [1.29, 1.82) is 0 Å². The van der Waals surface area contributed by atoms with Crippen molar-refractivity contribution < 1.29 is 27.8 Å². The largest absolute Gasteiger partial charge is 0.462 e. The highest BCUT2D eigenvalue weighted by molar-refractivity contribution is 5.85. The van der Waals surface area contributed by atoms with Crippen LogP contribution in [-0.2, 0) is 16.1 Å². The van der Waals surface area contributed by atoms with E-state index < -0.39 is 24.5 Å². The summed E-state index contributed by atoms with van der Waals surface area (Å²) in [4.78, 5) is 11.0. The van der Waals surface area contributed by atoms with Crippen LogP contribution in [0.1, 0.15) is 24.5 Å². The lowest BCUT2D eigenvalue weighted by Crippen LogP contribution is -2.41. The predicted octanol–water partition coefficient (Wildman–Crippen LogP) is 1.39. The van der Waals surface area contributed by atoms with E-state index in [-0.39, 0.29) is 30.5 Å². The Bertz CT molecular complexity index is 397. The van der Waals surface area contributed by atoms with E-state index in [1.54, 1.807) is 0 Å². The van der Waals surface area contributed by atoms with Gasteiger partial charge in [0, 0.05) is 0 Å². The first-order valence-corrected chi connectivity index (χ1v) is 4.93. The van der Waals surface area contributed by atoms with Crippen molar-refractivity contribution in [2.45, 2.75) is 25.5 Å². The normalized spacial score (nSPS) is 12.7. The average Bonchev–Trinajstić information content (AvgIpc) is 2.76. The van der Waals surface area contributed by atoms with Gasteiger partial charge in [-0.05, 0) is 19.1 Å². The molecule has 1 aromatic heterocycles. The first kappa shape index (κ1) is 16.8. The fourth-order valence-corrected chi connectivity index (χ4v) is 1.18. The Balaban J connectivity index is 0.00000289. The fourth-order valence-electron chi connectivity index (χ4n) is 1.18. The maximum absolute atomic E-state index is 13.5. The van der Waals surface area contributed by atoms with Crippen LogP contribution in [0.5, 0.6) is 0 Å².